The lowest BCUT2D eigenvalue weighted by Crippen LogP contribution is -2.35. The van der Waals surface area contributed by atoms with Crippen LogP contribution in [-0.4, -0.2) is 42.1 Å². The van der Waals surface area contributed by atoms with Crippen LogP contribution in [0.25, 0.3) is 0 Å². The van der Waals surface area contributed by atoms with E-state index in [1.54, 1.807) is 6.92 Å². The third kappa shape index (κ3) is 3.03. The molecule has 0 radical (unpaired) electrons. The van der Waals surface area contributed by atoms with Gasteiger partial charge in [-0.15, -0.1) is 11.8 Å². The van der Waals surface area contributed by atoms with Crippen LogP contribution in [0.3, 0.4) is 0 Å². The number of likely N-dealkylation sites (tertiary alicyclic amines) is 1. The first-order valence-corrected chi connectivity index (χ1v) is 5.60. The fourth-order valence-electron chi connectivity index (χ4n) is 1.54. The van der Waals surface area contributed by atoms with Gasteiger partial charge in [0.05, 0.1) is 0 Å². The highest BCUT2D eigenvalue weighted by Gasteiger charge is 2.21. The van der Waals surface area contributed by atoms with Crippen LogP contribution >= 0.6 is 11.8 Å². The second kappa shape index (κ2) is 4.72. The standard InChI is InChI=1S/C8H16N2OS/c1-7(11)9-8-3-4-10(5-8)6-12-2/h8H,3-6H2,1-2H3,(H,9,11)/t8-/m0/s1. The van der Waals surface area contributed by atoms with Gasteiger partial charge in [-0.2, -0.15) is 0 Å². The fourth-order valence-corrected chi connectivity index (χ4v) is 2.14. The Kier molecular flexibility index (Phi) is 3.88. The Bertz CT molecular complexity index is 163. The van der Waals surface area contributed by atoms with E-state index in [0.717, 1.165) is 25.4 Å². The molecule has 0 unspecified atom stereocenters. The lowest BCUT2D eigenvalue weighted by Gasteiger charge is -2.14. The summed E-state index contributed by atoms with van der Waals surface area (Å²) in [6, 6.07) is 0.384. The highest BCUT2D eigenvalue weighted by Crippen LogP contribution is 2.11. The minimum Gasteiger partial charge on any atom is -0.352 e. The monoisotopic (exact) mass is 188 g/mol. The summed E-state index contributed by atoms with van der Waals surface area (Å²) in [4.78, 5) is 13.1. The van der Waals surface area contributed by atoms with Gasteiger partial charge in [0.2, 0.25) is 5.91 Å². The zero-order valence-electron chi connectivity index (χ0n) is 7.67. The largest absolute Gasteiger partial charge is 0.352 e. The number of carbonyl (C=O) groups excluding carboxylic acids is 1. The molecule has 0 spiro atoms. The smallest absolute Gasteiger partial charge is 0.217 e. The van der Waals surface area contributed by atoms with Gasteiger partial charge in [0.15, 0.2) is 0 Å². The SMILES string of the molecule is CSCN1CC[C@H](NC(C)=O)C1. The van der Waals surface area contributed by atoms with Gasteiger partial charge in [-0.25, -0.2) is 0 Å². The highest BCUT2D eigenvalue weighted by atomic mass is 32.2. The summed E-state index contributed by atoms with van der Waals surface area (Å²) >= 11 is 1.83. The van der Waals surface area contributed by atoms with Crippen LogP contribution < -0.4 is 5.32 Å². The van der Waals surface area contributed by atoms with Crippen LogP contribution in [0.5, 0.6) is 0 Å². The van der Waals surface area contributed by atoms with Crippen LogP contribution in [0.1, 0.15) is 13.3 Å². The van der Waals surface area contributed by atoms with Gasteiger partial charge in [0.1, 0.15) is 0 Å². The number of hydrogen-bond donors (Lipinski definition) is 1. The Labute approximate surface area is 77.9 Å². The summed E-state index contributed by atoms with van der Waals surface area (Å²) in [6.07, 6.45) is 3.20. The van der Waals surface area contributed by atoms with Crippen molar-refractivity contribution >= 4 is 17.7 Å². The summed E-state index contributed by atoms with van der Waals surface area (Å²) < 4.78 is 0. The number of carbonyl (C=O) groups is 1. The molecule has 1 amide bonds. The molecule has 4 heteroatoms. The molecule has 1 fully saturated rings. The van der Waals surface area contributed by atoms with Crippen molar-refractivity contribution in [1.29, 1.82) is 0 Å². The zero-order valence-corrected chi connectivity index (χ0v) is 8.49. The first-order chi connectivity index (χ1) is 5.72. The molecule has 1 saturated heterocycles. The molecule has 1 heterocycles. The molecule has 0 saturated carbocycles. The van der Waals surface area contributed by atoms with Gasteiger partial charge in [0.25, 0.3) is 0 Å². The topological polar surface area (TPSA) is 32.3 Å². The molecular formula is C8H16N2OS. The summed E-state index contributed by atoms with van der Waals surface area (Å²) in [7, 11) is 0. The quantitative estimate of drug-likeness (QED) is 0.700. The van der Waals surface area contributed by atoms with Crippen molar-refractivity contribution in [2.75, 3.05) is 25.2 Å². The molecule has 70 valence electrons. The Morgan fingerprint density at radius 1 is 1.75 bits per heavy atom. The van der Waals surface area contributed by atoms with Gasteiger partial charge in [0, 0.05) is 31.9 Å². The van der Waals surface area contributed by atoms with E-state index in [1.165, 1.54) is 0 Å². The Morgan fingerprint density at radius 2 is 2.50 bits per heavy atom. The van der Waals surface area contributed by atoms with E-state index in [9.17, 15) is 4.79 Å². The number of nitrogens with one attached hydrogen (secondary N) is 1. The third-order valence-electron chi connectivity index (χ3n) is 1.99. The zero-order chi connectivity index (χ0) is 8.97. The lowest BCUT2D eigenvalue weighted by atomic mass is 10.3. The van der Waals surface area contributed by atoms with Gasteiger partial charge in [-0.05, 0) is 12.7 Å². The third-order valence-corrected chi connectivity index (χ3v) is 2.61. The van der Waals surface area contributed by atoms with Crippen molar-refractivity contribution in [3.05, 3.63) is 0 Å². The molecule has 0 aromatic heterocycles. The van der Waals surface area contributed by atoms with Crippen LogP contribution in [-0.2, 0) is 4.79 Å². The molecule has 3 nitrogen and oxygen atoms in total. The summed E-state index contributed by atoms with van der Waals surface area (Å²) in [5, 5.41) is 2.94. The Morgan fingerprint density at radius 3 is 3.08 bits per heavy atom. The lowest BCUT2D eigenvalue weighted by molar-refractivity contribution is -0.119. The van der Waals surface area contributed by atoms with E-state index >= 15 is 0 Å². The molecule has 0 aromatic carbocycles. The molecule has 0 aliphatic carbocycles. The maximum absolute atomic E-state index is 10.7. The minimum absolute atomic E-state index is 0.0889. The van der Waals surface area contributed by atoms with Gasteiger partial charge in [-0.1, -0.05) is 0 Å². The second-order valence-electron chi connectivity index (χ2n) is 3.18. The van der Waals surface area contributed by atoms with E-state index in [1.807, 2.05) is 11.8 Å². The van der Waals surface area contributed by atoms with E-state index in [4.69, 9.17) is 0 Å². The predicted molar refractivity (Wildman–Crippen MR) is 52.2 cm³/mol. The minimum atomic E-state index is 0.0889. The highest BCUT2D eigenvalue weighted by molar-refractivity contribution is 7.98. The first-order valence-electron chi connectivity index (χ1n) is 4.20. The maximum atomic E-state index is 10.7. The number of nitrogens with zero attached hydrogens (tertiary/aromatic N) is 1. The number of rotatable bonds is 3. The second-order valence-corrected chi connectivity index (χ2v) is 4.02. The maximum Gasteiger partial charge on any atom is 0.217 e. The summed E-state index contributed by atoms with van der Waals surface area (Å²) in [5.41, 5.74) is 0. The van der Waals surface area contributed by atoms with Crippen molar-refractivity contribution in [2.24, 2.45) is 0 Å². The normalized spacial score (nSPS) is 24.3. The Balaban J connectivity index is 2.21. The molecule has 1 N–H and O–H groups in total. The molecule has 1 aliphatic rings. The summed E-state index contributed by atoms with van der Waals surface area (Å²) in [5.74, 6) is 1.17. The fraction of sp³-hybridized carbons (Fsp3) is 0.875. The molecule has 0 aromatic rings. The average molecular weight is 188 g/mol. The number of thioether (sulfide) groups is 1. The van der Waals surface area contributed by atoms with Crippen molar-refractivity contribution in [1.82, 2.24) is 10.2 Å². The van der Waals surface area contributed by atoms with E-state index in [0.29, 0.717) is 6.04 Å². The van der Waals surface area contributed by atoms with Crippen molar-refractivity contribution in [3.63, 3.8) is 0 Å². The van der Waals surface area contributed by atoms with Crippen LogP contribution in [0.15, 0.2) is 0 Å². The van der Waals surface area contributed by atoms with E-state index in [-0.39, 0.29) is 5.91 Å². The molecule has 0 bridgehead atoms. The predicted octanol–water partition coefficient (Wildman–Crippen LogP) is 0.517. The van der Waals surface area contributed by atoms with Crippen LogP contribution in [0.2, 0.25) is 0 Å². The number of hydrogen-bond acceptors (Lipinski definition) is 3. The first kappa shape index (κ1) is 9.86. The molecule has 1 aliphatic heterocycles. The van der Waals surface area contributed by atoms with Crippen molar-refractivity contribution in [3.8, 4) is 0 Å². The molecule has 1 rings (SSSR count). The van der Waals surface area contributed by atoms with Gasteiger partial charge >= 0.3 is 0 Å². The molecule has 12 heavy (non-hydrogen) atoms. The molecular weight excluding hydrogens is 172 g/mol. The van der Waals surface area contributed by atoms with E-state index in [2.05, 4.69) is 16.5 Å². The summed E-state index contributed by atoms with van der Waals surface area (Å²) in [6.45, 7) is 3.71. The van der Waals surface area contributed by atoms with Crippen LogP contribution in [0, 0.1) is 0 Å². The van der Waals surface area contributed by atoms with Gasteiger partial charge < -0.3 is 5.32 Å². The molecule has 1 atom stereocenters. The number of amides is 1. The Hall–Kier alpha value is -0.220. The average Bonchev–Trinajstić information content (AvgIpc) is 2.36. The van der Waals surface area contributed by atoms with Crippen molar-refractivity contribution < 1.29 is 4.79 Å². The van der Waals surface area contributed by atoms with Crippen LogP contribution in [0.4, 0.5) is 0 Å². The van der Waals surface area contributed by atoms with Gasteiger partial charge in [-0.3, -0.25) is 9.69 Å². The van der Waals surface area contributed by atoms with Crippen molar-refractivity contribution in [2.45, 2.75) is 19.4 Å². The van der Waals surface area contributed by atoms with E-state index < -0.39 is 0 Å².